The minimum atomic E-state index is -0.398. The lowest BCUT2D eigenvalue weighted by Crippen LogP contribution is -2.45. The molecule has 1 aliphatic heterocycles. The number of carbonyl (C=O) groups is 2. The number of hydrogen-bond acceptors (Lipinski definition) is 4. The number of piperidine rings is 1. The number of nitrogens with zero attached hydrogens (tertiary/aromatic N) is 3. The standard InChI is InChI=1S/C20H28N4O3/c1-2-3-8-15(13-23(27)14-25)20(26)24-12-7-6-11-18(24)19-21-16-9-4-5-10-17(16)22-19/h4-5,9-10,14-15,18,27H,2-3,6-8,11-13H2,1H3,(H,21,22)/t15-,18+/m1/s1. The second-order valence-corrected chi connectivity index (χ2v) is 7.25. The van der Waals surface area contributed by atoms with Gasteiger partial charge in [0.05, 0.1) is 29.5 Å². The molecule has 2 amide bonds. The summed E-state index contributed by atoms with van der Waals surface area (Å²) in [4.78, 5) is 34.1. The normalized spacial score (nSPS) is 18.4. The van der Waals surface area contributed by atoms with Crippen LogP contribution in [-0.2, 0) is 9.59 Å². The molecule has 2 N–H and O–H groups in total. The van der Waals surface area contributed by atoms with Crippen LogP contribution in [0.5, 0.6) is 0 Å². The zero-order chi connectivity index (χ0) is 19.2. The number of fused-ring (bicyclic) bond motifs is 1. The van der Waals surface area contributed by atoms with E-state index in [2.05, 4.69) is 11.9 Å². The van der Waals surface area contributed by atoms with E-state index in [4.69, 9.17) is 4.98 Å². The van der Waals surface area contributed by atoms with Crippen molar-refractivity contribution in [3.8, 4) is 0 Å². The van der Waals surface area contributed by atoms with Crippen molar-refractivity contribution in [2.24, 2.45) is 5.92 Å². The van der Waals surface area contributed by atoms with Crippen LogP contribution in [0.25, 0.3) is 11.0 Å². The van der Waals surface area contributed by atoms with E-state index in [1.165, 1.54) is 0 Å². The lowest BCUT2D eigenvalue weighted by Gasteiger charge is -2.37. The zero-order valence-corrected chi connectivity index (χ0v) is 15.8. The first-order chi connectivity index (χ1) is 13.1. The Kier molecular flexibility index (Phi) is 6.45. The maximum atomic E-state index is 13.3. The molecule has 146 valence electrons. The second-order valence-electron chi connectivity index (χ2n) is 7.25. The van der Waals surface area contributed by atoms with Crippen LogP contribution < -0.4 is 0 Å². The van der Waals surface area contributed by atoms with Crippen molar-refractivity contribution in [2.45, 2.75) is 51.5 Å². The average Bonchev–Trinajstić information content (AvgIpc) is 3.14. The van der Waals surface area contributed by atoms with Crippen molar-refractivity contribution >= 4 is 23.4 Å². The van der Waals surface area contributed by atoms with Crippen LogP contribution >= 0.6 is 0 Å². The van der Waals surface area contributed by atoms with Gasteiger partial charge in [0.15, 0.2) is 0 Å². The van der Waals surface area contributed by atoms with Crippen molar-refractivity contribution in [1.29, 1.82) is 0 Å². The highest BCUT2D eigenvalue weighted by atomic mass is 16.5. The molecule has 27 heavy (non-hydrogen) atoms. The predicted molar refractivity (Wildman–Crippen MR) is 102 cm³/mol. The third kappa shape index (κ3) is 4.47. The number of aromatic nitrogens is 2. The fraction of sp³-hybridized carbons (Fsp3) is 0.550. The topological polar surface area (TPSA) is 89.5 Å². The summed E-state index contributed by atoms with van der Waals surface area (Å²) in [5.41, 5.74) is 1.87. The first-order valence-electron chi connectivity index (χ1n) is 9.80. The molecule has 0 radical (unpaired) electrons. The molecule has 1 saturated heterocycles. The van der Waals surface area contributed by atoms with Crippen molar-refractivity contribution in [1.82, 2.24) is 19.9 Å². The summed E-state index contributed by atoms with van der Waals surface area (Å²) >= 11 is 0. The summed E-state index contributed by atoms with van der Waals surface area (Å²) in [6.45, 7) is 2.78. The largest absolute Gasteiger partial charge is 0.340 e. The lowest BCUT2D eigenvalue weighted by atomic mass is 9.95. The number of para-hydroxylation sites is 2. The third-order valence-corrected chi connectivity index (χ3v) is 5.29. The van der Waals surface area contributed by atoms with Crippen LogP contribution in [0.15, 0.2) is 24.3 Å². The molecule has 0 spiro atoms. The van der Waals surface area contributed by atoms with Crippen molar-refractivity contribution in [2.75, 3.05) is 13.1 Å². The van der Waals surface area contributed by atoms with Crippen LogP contribution in [0.1, 0.15) is 57.3 Å². The van der Waals surface area contributed by atoms with Gasteiger partial charge in [-0.15, -0.1) is 0 Å². The molecule has 0 aliphatic carbocycles. The fourth-order valence-electron chi connectivity index (χ4n) is 3.86. The van der Waals surface area contributed by atoms with E-state index in [0.717, 1.165) is 49.0 Å². The molecule has 1 fully saturated rings. The van der Waals surface area contributed by atoms with E-state index in [1.807, 2.05) is 29.2 Å². The summed E-state index contributed by atoms with van der Waals surface area (Å²) in [6.07, 6.45) is 5.73. The zero-order valence-electron chi connectivity index (χ0n) is 15.8. The average molecular weight is 372 g/mol. The third-order valence-electron chi connectivity index (χ3n) is 5.29. The summed E-state index contributed by atoms with van der Waals surface area (Å²) in [5, 5.41) is 10.2. The van der Waals surface area contributed by atoms with Gasteiger partial charge in [-0.25, -0.2) is 10.0 Å². The van der Waals surface area contributed by atoms with E-state index >= 15 is 0 Å². The molecule has 1 aliphatic rings. The van der Waals surface area contributed by atoms with Gasteiger partial charge < -0.3 is 9.88 Å². The highest BCUT2D eigenvalue weighted by Crippen LogP contribution is 2.32. The van der Waals surface area contributed by atoms with Gasteiger partial charge in [0.2, 0.25) is 12.3 Å². The molecule has 7 heteroatoms. The monoisotopic (exact) mass is 372 g/mol. The molecular weight excluding hydrogens is 344 g/mol. The van der Waals surface area contributed by atoms with E-state index in [0.29, 0.717) is 24.4 Å². The Morgan fingerprint density at radius 1 is 1.44 bits per heavy atom. The Bertz CT molecular complexity index is 742. The second kappa shape index (κ2) is 8.99. The van der Waals surface area contributed by atoms with E-state index in [9.17, 15) is 14.8 Å². The molecule has 0 bridgehead atoms. The minimum absolute atomic E-state index is 0.00509. The summed E-state index contributed by atoms with van der Waals surface area (Å²) in [7, 11) is 0. The smallest absolute Gasteiger partial charge is 0.233 e. The van der Waals surface area contributed by atoms with Gasteiger partial charge in [-0.1, -0.05) is 31.9 Å². The quantitative estimate of drug-likeness (QED) is 0.423. The number of amides is 2. The SMILES string of the molecule is CCCC[C@H](CN(O)C=O)C(=O)N1CCCC[C@H]1c1nc2ccccc2[nH]1. The van der Waals surface area contributed by atoms with Crippen LogP contribution in [-0.4, -0.2) is 50.5 Å². The van der Waals surface area contributed by atoms with E-state index < -0.39 is 5.92 Å². The molecule has 3 rings (SSSR count). The first kappa shape index (κ1) is 19.4. The van der Waals surface area contributed by atoms with E-state index in [1.54, 1.807) is 0 Å². The fourth-order valence-corrected chi connectivity index (χ4v) is 3.86. The molecule has 7 nitrogen and oxygen atoms in total. The number of likely N-dealkylation sites (tertiary alicyclic amines) is 1. The van der Waals surface area contributed by atoms with Gasteiger partial charge >= 0.3 is 0 Å². The number of benzene rings is 1. The Hall–Kier alpha value is -2.41. The van der Waals surface area contributed by atoms with Gasteiger partial charge in [-0.2, -0.15) is 0 Å². The predicted octanol–water partition coefficient (Wildman–Crippen LogP) is 3.27. The number of hydrogen-bond donors (Lipinski definition) is 2. The molecule has 1 aromatic heterocycles. The summed E-state index contributed by atoms with van der Waals surface area (Å²) in [5.74, 6) is 0.411. The number of rotatable bonds is 8. The molecule has 1 aromatic carbocycles. The van der Waals surface area contributed by atoms with Gasteiger partial charge in [0, 0.05) is 6.54 Å². The number of imidazole rings is 1. The maximum absolute atomic E-state index is 13.3. The molecule has 2 heterocycles. The lowest BCUT2D eigenvalue weighted by molar-refractivity contribution is -0.158. The number of nitrogens with one attached hydrogen (secondary N) is 1. The Balaban J connectivity index is 1.83. The number of aromatic amines is 1. The van der Waals surface area contributed by atoms with Gasteiger partial charge in [0.25, 0.3) is 0 Å². The van der Waals surface area contributed by atoms with Crippen LogP contribution in [0.4, 0.5) is 0 Å². The Labute approximate surface area is 159 Å². The Morgan fingerprint density at radius 2 is 2.26 bits per heavy atom. The highest BCUT2D eigenvalue weighted by molar-refractivity contribution is 5.80. The van der Waals surface area contributed by atoms with Crippen LogP contribution in [0.3, 0.4) is 0 Å². The highest BCUT2D eigenvalue weighted by Gasteiger charge is 2.34. The molecule has 0 unspecified atom stereocenters. The van der Waals surface area contributed by atoms with Crippen LogP contribution in [0, 0.1) is 5.92 Å². The van der Waals surface area contributed by atoms with E-state index in [-0.39, 0.29) is 18.5 Å². The molecule has 0 saturated carbocycles. The minimum Gasteiger partial charge on any atom is -0.340 e. The molecule has 2 aromatic rings. The first-order valence-corrected chi connectivity index (χ1v) is 9.80. The Morgan fingerprint density at radius 3 is 3.00 bits per heavy atom. The number of unbranched alkanes of at least 4 members (excludes halogenated alkanes) is 1. The molecule has 2 atom stereocenters. The molecular formula is C20H28N4O3. The van der Waals surface area contributed by atoms with Gasteiger partial charge in [0.1, 0.15) is 5.82 Å². The number of H-pyrrole nitrogens is 1. The van der Waals surface area contributed by atoms with Crippen molar-refractivity contribution < 1.29 is 14.8 Å². The van der Waals surface area contributed by atoms with Crippen molar-refractivity contribution in [3.63, 3.8) is 0 Å². The summed E-state index contributed by atoms with van der Waals surface area (Å²) in [6, 6.07) is 7.77. The van der Waals surface area contributed by atoms with Gasteiger partial charge in [-0.05, 0) is 37.8 Å². The number of hydroxylamine groups is 2. The van der Waals surface area contributed by atoms with Crippen molar-refractivity contribution in [3.05, 3.63) is 30.1 Å². The number of carbonyl (C=O) groups excluding carboxylic acids is 2. The van der Waals surface area contributed by atoms with Crippen LogP contribution in [0.2, 0.25) is 0 Å². The summed E-state index contributed by atoms with van der Waals surface area (Å²) < 4.78 is 0. The van der Waals surface area contributed by atoms with Gasteiger partial charge in [-0.3, -0.25) is 14.8 Å². The maximum Gasteiger partial charge on any atom is 0.233 e.